The first-order valence-electron chi connectivity index (χ1n) is 7.76. The number of carbonyl (C=O) groups excluding carboxylic acids is 2. The fourth-order valence-electron chi connectivity index (χ4n) is 2.23. The Hall–Kier alpha value is -3.06. The van der Waals surface area contributed by atoms with Crippen LogP contribution in [0.3, 0.4) is 0 Å². The summed E-state index contributed by atoms with van der Waals surface area (Å²) in [6, 6.07) is 8.72. The van der Waals surface area contributed by atoms with Crippen molar-refractivity contribution < 1.29 is 27.5 Å². The number of nitrogens with one attached hydrogen (secondary N) is 1. The first-order chi connectivity index (χ1) is 13.2. The molecule has 0 unspecified atom stereocenters. The molecule has 1 heterocycles. The highest BCUT2D eigenvalue weighted by Gasteiger charge is 2.34. The maximum Gasteiger partial charge on any atom is 0.433 e. The number of nitrogens with zero attached hydrogens (tertiary/aromatic N) is 2. The van der Waals surface area contributed by atoms with Crippen molar-refractivity contribution in [1.29, 1.82) is 5.26 Å². The van der Waals surface area contributed by atoms with E-state index in [1.165, 1.54) is 26.2 Å². The third-order valence-corrected chi connectivity index (χ3v) is 4.51. The fourth-order valence-corrected chi connectivity index (χ4v) is 3.08. The molecule has 1 N–H and O–H groups in total. The molecule has 0 aliphatic heterocycles. The highest BCUT2D eigenvalue weighted by molar-refractivity contribution is 8.00. The maximum atomic E-state index is 12.9. The molecule has 28 heavy (non-hydrogen) atoms. The minimum atomic E-state index is -4.67. The maximum absolute atomic E-state index is 12.9. The minimum Gasteiger partial charge on any atom is -0.465 e. The molecular formula is C18H14F3N3O3S. The van der Waals surface area contributed by atoms with Crippen molar-refractivity contribution in [3.05, 3.63) is 52.7 Å². The number of para-hydroxylation sites is 1. The van der Waals surface area contributed by atoms with Gasteiger partial charge < -0.3 is 10.1 Å². The van der Waals surface area contributed by atoms with E-state index in [9.17, 15) is 28.0 Å². The highest BCUT2D eigenvalue weighted by Crippen LogP contribution is 2.32. The number of methoxy groups -OCH3 is 1. The lowest BCUT2D eigenvalue weighted by Gasteiger charge is -2.12. The smallest absolute Gasteiger partial charge is 0.433 e. The van der Waals surface area contributed by atoms with Crippen molar-refractivity contribution >= 4 is 29.3 Å². The first kappa shape index (κ1) is 21.2. The van der Waals surface area contributed by atoms with Crippen LogP contribution in [0.25, 0.3) is 0 Å². The summed E-state index contributed by atoms with van der Waals surface area (Å²) in [4.78, 5) is 27.4. The first-order valence-corrected chi connectivity index (χ1v) is 8.75. The van der Waals surface area contributed by atoms with Crippen LogP contribution in [0.15, 0.2) is 35.4 Å². The minimum absolute atomic E-state index is 0.0271. The van der Waals surface area contributed by atoms with E-state index in [4.69, 9.17) is 0 Å². The van der Waals surface area contributed by atoms with E-state index in [1.54, 1.807) is 18.2 Å². The summed E-state index contributed by atoms with van der Waals surface area (Å²) in [5.41, 5.74) is -0.713. The summed E-state index contributed by atoms with van der Waals surface area (Å²) in [5.74, 6) is -1.54. The molecule has 0 aliphatic rings. The molecule has 1 aromatic carbocycles. The van der Waals surface area contributed by atoms with Gasteiger partial charge in [0.15, 0.2) is 0 Å². The van der Waals surface area contributed by atoms with Crippen molar-refractivity contribution in [2.24, 2.45) is 0 Å². The van der Waals surface area contributed by atoms with E-state index in [0.29, 0.717) is 11.8 Å². The Morgan fingerprint density at radius 2 is 2.00 bits per heavy atom. The lowest BCUT2D eigenvalue weighted by molar-refractivity contribution is -0.141. The van der Waals surface area contributed by atoms with E-state index in [0.717, 1.165) is 6.07 Å². The number of hydrogen-bond acceptors (Lipinski definition) is 6. The van der Waals surface area contributed by atoms with Gasteiger partial charge in [-0.3, -0.25) is 4.79 Å². The number of ether oxygens (including phenoxy) is 1. The Kier molecular flexibility index (Phi) is 6.64. The molecule has 0 radical (unpaired) electrons. The second-order valence-corrected chi connectivity index (χ2v) is 6.45. The Bertz CT molecular complexity index is 955. The van der Waals surface area contributed by atoms with Gasteiger partial charge >= 0.3 is 12.1 Å². The molecule has 6 nitrogen and oxygen atoms in total. The van der Waals surface area contributed by atoms with Gasteiger partial charge in [-0.25, -0.2) is 9.78 Å². The number of thioether (sulfide) groups is 1. The summed E-state index contributed by atoms with van der Waals surface area (Å²) in [7, 11) is 1.20. The van der Waals surface area contributed by atoms with Crippen molar-refractivity contribution in [3.63, 3.8) is 0 Å². The number of halogens is 3. The molecule has 0 saturated carbocycles. The topological polar surface area (TPSA) is 92.1 Å². The number of nitriles is 1. The van der Waals surface area contributed by atoms with Crippen LogP contribution < -0.4 is 5.32 Å². The van der Waals surface area contributed by atoms with Gasteiger partial charge in [-0.15, -0.1) is 0 Å². The number of benzene rings is 1. The Balaban J connectivity index is 2.19. The molecule has 0 spiro atoms. The quantitative estimate of drug-likeness (QED) is 0.597. The summed E-state index contributed by atoms with van der Waals surface area (Å²) in [6.07, 6.45) is -4.67. The summed E-state index contributed by atoms with van der Waals surface area (Å²) in [5, 5.41) is 11.5. The molecule has 0 aliphatic carbocycles. The summed E-state index contributed by atoms with van der Waals surface area (Å²) >= 11 is 0.702. The second kappa shape index (κ2) is 8.75. The normalized spacial score (nSPS) is 10.9. The molecule has 1 aromatic heterocycles. The van der Waals surface area contributed by atoms with Crippen LogP contribution in [0.2, 0.25) is 0 Å². The summed E-state index contributed by atoms with van der Waals surface area (Å²) in [6.45, 7) is 1.37. The highest BCUT2D eigenvalue weighted by atomic mass is 32.2. The SMILES string of the molecule is COC(=O)c1ccccc1NC(=O)CSc1nc(C(F)(F)F)cc(C)c1C#N. The Labute approximate surface area is 162 Å². The number of carbonyl (C=O) groups is 2. The molecule has 10 heteroatoms. The van der Waals surface area contributed by atoms with Crippen LogP contribution in [0.4, 0.5) is 18.9 Å². The molecule has 146 valence electrons. The third-order valence-electron chi connectivity index (χ3n) is 3.53. The summed E-state index contributed by atoms with van der Waals surface area (Å²) < 4.78 is 43.5. The number of hydrogen-bond donors (Lipinski definition) is 1. The lowest BCUT2D eigenvalue weighted by atomic mass is 10.1. The monoisotopic (exact) mass is 409 g/mol. The predicted molar refractivity (Wildman–Crippen MR) is 95.8 cm³/mol. The van der Waals surface area contributed by atoms with Gasteiger partial charge in [0.05, 0.1) is 29.7 Å². The molecular weight excluding hydrogens is 395 g/mol. The van der Waals surface area contributed by atoms with E-state index >= 15 is 0 Å². The van der Waals surface area contributed by atoms with Crippen molar-refractivity contribution in [3.8, 4) is 6.07 Å². The Morgan fingerprint density at radius 1 is 1.32 bits per heavy atom. The number of rotatable bonds is 5. The number of amides is 1. The van der Waals surface area contributed by atoms with Crippen LogP contribution in [-0.2, 0) is 15.7 Å². The Morgan fingerprint density at radius 3 is 2.61 bits per heavy atom. The molecule has 1 amide bonds. The van der Waals surface area contributed by atoms with E-state index in [2.05, 4.69) is 15.0 Å². The molecule has 0 bridgehead atoms. The van der Waals surface area contributed by atoms with E-state index < -0.39 is 23.7 Å². The standard InChI is InChI=1S/C18H14F3N3O3S/c1-10-7-14(18(19,20)21)24-16(12(10)8-22)28-9-15(25)23-13-6-4-3-5-11(13)17(26)27-2/h3-7H,9H2,1-2H3,(H,23,25). The van der Waals surface area contributed by atoms with Crippen LogP contribution >= 0.6 is 11.8 Å². The van der Waals surface area contributed by atoms with E-state index in [-0.39, 0.29) is 33.2 Å². The third kappa shape index (κ3) is 5.01. The van der Waals surface area contributed by atoms with Gasteiger partial charge in [-0.1, -0.05) is 23.9 Å². The van der Waals surface area contributed by atoms with Gasteiger partial charge in [0.25, 0.3) is 0 Å². The largest absolute Gasteiger partial charge is 0.465 e. The van der Waals surface area contributed by atoms with Gasteiger partial charge in [-0.2, -0.15) is 18.4 Å². The van der Waals surface area contributed by atoms with Gasteiger partial charge in [0, 0.05) is 0 Å². The number of esters is 1. The zero-order valence-corrected chi connectivity index (χ0v) is 15.6. The van der Waals surface area contributed by atoms with Gasteiger partial charge in [-0.05, 0) is 30.7 Å². The predicted octanol–water partition coefficient (Wildman–Crippen LogP) is 3.80. The average Bonchev–Trinajstić information content (AvgIpc) is 2.65. The zero-order chi connectivity index (χ0) is 20.9. The second-order valence-electron chi connectivity index (χ2n) is 5.49. The van der Waals surface area contributed by atoms with Gasteiger partial charge in [0.2, 0.25) is 5.91 Å². The zero-order valence-electron chi connectivity index (χ0n) is 14.8. The van der Waals surface area contributed by atoms with Crippen LogP contribution in [0.1, 0.15) is 27.2 Å². The van der Waals surface area contributed by atoms with Crippen molar-refractivity contribution in [1.82, 2.24) is 4.98 Å². The lowest BCUT2D eigenvalue weighted by Crippen LogP contribution is -2.17. The number of aromatic nitrogens is 1. The molecule has 0 fully saturated rings. The van der Waals surface area contributed by atoms with Crippen molar-refractivity contribution in [2.45, 2.75) is 18.1 Å². The average molecular weight is 409 g/mol. The van der Waals surface area contributed by atoms with Crippen LogP contribution in [0.5, 0.6) is 0 Å². The van der Waals surface area contributed by atoms with Gasteiger partial charge in [0.1, 0.15) is 16.8 Å². The van der Waals surface area contributed by atoms with Crippen LogP contribution in [-0.4, -0.2) is 29.7 Å². The number of aryl methyl sites for hydroxylation is 1. The number of pyridine rings is 1. The molecule has 2 rings (SSSR count). The fraction of sp³-hybridized carbons (Fsp3) is 0.222. The molecule has 2 aromatic rings. The molecule has 0 atom stereocenters. The van der Waals surface area contributed by atoms with E-state index in [1.807, 2.05) is 0 Å². The molecule has 0 saturated heterocycles. The van der Waals surface area contributed by atoms with Crippen molar-refractivity contribution in [2.75, 3.05) is 18.2 Å². The number of anilines is 1. The van der Waals surface area contributed by atoms with Crippen LogP contribution in [0, 0.1) is 18.3 Å². The number of alkyl halides is 3.